The van der Waals surface area contributed by atoms with E-state index in [9.17, 15) is 22.4 Å². The molecule has 2 rings (SSSR count). The molecule has 110 valence electrons. The summed E-state index contributed by atoms with van der Waals surface area (Å²) < 4.78 is 55.0. The number of benzene rings is 1. The summed E-state index contributed by atoms with van der Waals surface area (Å²) in [7, 11) is 0. The van der Waals surface area contributed by atoms with Gasteiger partial charge in [0.25, 0.3) is 11.8 Å². The van der Waals surface area contributed by atoms with Crippen molar-refractivity contribution in [2.24, 2.45) is 0 Å². The van der Waals surface area contributed by atoms with Crippen LogP contribution < -0.4 is 4.74 Å². The monoisotopic (exact) mass is 355 g/mol. The molecular formula is C12H10BrF4NO2. The molecule has 1 aliphatic rings. The normalized spacial score (nSPS) is 17.6. The molecule has 1 aromatic carbocycles. The van der Waals surface area contributed by atoms with Crippen LogP contribution in [0.15, 0.2) is 22.7 Å². The van der Waals surface area contributed by atoms with Crippen molar-refractivity contribution >= 4 is 21.8 Å². The number of halogens is 5. The maximum absolute atomic E-state index is 13.1. The van der Waals surface area contributed by atoms with Crippen molar-refractivity contribution in [3.63, 3.8) is 0 Å². The Morgan fingerprint density at radius 1 is 1.35 bits per heavy atom. The molecule has 20 heavy (non-hydrogen) atoms. The zero-order chi connectivity index (χ0) is 14.9. The second kappa shape index (κ2) is 5.59. The molecule has 3 nitrogen and oxygen atoms in total. The van der Waals surface area contributed by atoms with Gasteiger partial charge in [0.05, 0.1) is 6.54 Å². The third-order valence-corrected chi connectivity index (χ3v) is 3.26. The third-order valence-electron chi connectivity index (χ3n) is 2.80. The van der Waals surface area contributed by atoms with Crippen molar-refractivity contribution in [3.05, 3.63) is 28.2 Å². The Labute approximate surface area is 120 Å². The molecule has 0 N–H and O–H groups in total. The molecule has 0 spiro atoms. The maximum Gasteiger partial charge on any atom is 0.387 e. The van der Waals surface area contributed by atoms with Crippen LogP contribution in [0, 0.1) is 0 Å². The lowest BCUT2D eigenvalue weighted by molar-refractivity contribution is -0.0499. The summed E-state index contributed by atoms with van der Waals surface area (Å²) >= 11 is 3.06. The van der Waals surface area contributed by atoms with Crippen LogP contribution in [-0.2, 0) is 0 Å². The van der Waals surface area contributed by atoms with E-state index < -0.39 is 31.4 Å². The van der Waals surface area contributed by atoms with Gasteiger partial charge in [0, 0.05) is 23.0 Å². The molecule has 1 saturated heterocycles. The Kier molecular flexibility index (Phi) is 4.22. The van der Waals surface area contributed by atoms with Crippen LogP contribution in [0.5, 0.6) is 5.75 Å². The van der Waals surface area contributed by atoms with Crippen LogP contribution in [0.1, 0.15) is 16.8 Å². The predicted octanol–water partition coefficient (Wildman–Crippen LogP) is 3.53. The first-order chi connectivity index (χ1) is 9.27. The van der Waals surface area contributed by atoms with Crippen LogP contribution in [0.25, 0.3) is 0 Å². The zero-order valence-corrected chi connectivity index (χ0v) is 11.7. The molecule has 1 heterocycles. The van der Waals surface area contributed by atoms with E-state index in [2.05, 4.69) is 20.7 Å². The predicted molar refractivity (Wildman–Crippen MR) is 66.2 cm³/mol. The van der Waals surface area contributed by atoms with Crippen LogP contribution in [0.2, 0.25) is 0 Å². The molecule has 0 radical (unpaired) electrons. The first kappa shape index (κ1) is 15.1. The van der Waals surface area contributed by atoms with Crippen molar-refractivity contribution in [2.75, 3.05) is 13.1 Å². The fourth-order valence-corrected chi connectivity index (χ4v) is 2.42. The van der Waals surface area contributed by atoms with Gasteiger partial charge < -0.3 is 9.64 Å². The number of carbonyl (C=O) groups excluding carboxylic acids is 1. The number of likely N-dealkylation sites (tertiary alicyclic amines) is 1. The van der Waals surface area contributed by atoms with Crippen LogP contribution in [-0.4, -0.2) is 36.4 Å². The molecule has 8 heteroatoms. The highest BCUT2D eigenvalue weighted by molar-refractivity contribution is 9.10. The van der Waals surface area contributed by atoms with E-state index in [0.717, 1.165) is 11.0 Å². The minimum absolute atomic E-state index is 0.0210. The van der Waals surface area contributed by atoms with Crippen molar-refractivity contribution in [1.82, 2.24) is 4.90 Å². The number of rotatable bonds is 3. The summed E-state index contributed by atoms with van der Waals surface area (Å²) in [6.45, 7) is -3.75. The zero-order valence-electron chi connectivity index (χ0n) is 10.1. The molecular weight excluding hydrogens is 346 g/mol. The lowest BCUT2D eigenvalue weighted by Crippen LogP contribution is -2.31. The fourth-order valence-electron chi connectivity index (χ4n) is 1.95. The molecule has 1 aliphatic heterocycles. The topological polar surface area (TPSA) is 29.5 Å². The maximum atomic E-state index is 13.1. The van der Waals surface area contributed by atoms with Crippen LogP contribution >= 0.6 is 15.9 Å². The number of carbonyl (C=O) groups is 1. The molecule has 0 unspecified atom stereocenters. The summed E-state index contributed by atoms with van der Waals surface area (Å²) in [5, 5.41) is 0. The lowest BCUT2D eigenvalue weighted by atomic mass is 10.2. The second-order valence-corrected chi connectivity index (χ2v) is 5.30. The summed E-state index contributed by atoms with van der Waals surface area (Å²) in [4.78, 5) is 13.0. The van der Waals surface area contributed by atoms with Gasteiger partial charge in [-0.15, -0.1) is 0 Å². The van der Waals surface area contributed by atoms with Gasteiger partial charge in [-0.1, -0.05) is 15.9 Å². The molecule has 1 amide bonds. The fraction of sp³-hybridized carbons (Fsp3) is 0.417. The first-order valence-corrected chi connectivity index (χ1v) is 6.49. The van der Waals surface area contributed by atoms with E-state index in [0.29, 0.717) is 4.47 Å². The summed E-state index contributed by atoms with van der Waals surface area (Å²) in [5.74, 6) is -3.74. The highest BCUT2D eigenvalue weighted by Crippen LogP contribution is 2.29. The number of ether oxygens (including phenoxy) is 1. The Bertz CT molecular complexity index is 524. The lowest BCUT2D eigenvalue weighted by Gasteiger charge is -2.17. The smallest absolute Gasteiger partial charge is 0.387 e. The molecule has 0 bridgehead atoms. The average Bonchev–Trinajstić information content (AvgIpc) is 2.67. The highest BCUT2D eigenvalue weighted by Gasteiger charge is 2.40. The SMILES string of the molecule is O=C(c1cc(Br)cc(OC(F)F)c1)N1CCC(F)(F)C1. The van der Waals surface area contributed by atoms with E-state index in [1.807, 2.05) is 0 Å². The molecule has 0 aromatic heterocycles. The van der Waals surface area contributed by atoms with Crippen molar-refractivity contribution in [2.45, 2.75) is 19.0 Å². The highest BCUT2D eigenvalue weighted by atomic mass is 79.9. The summed E-state index contributed by atoms with van der Waals surface area (Å²) in [6, 6.07) is 3.74. The van der Waals surface area contributed by atoms with Gasteiger partial charge in [0.15, 0.2) is 0 Å². The van der Waals surface area contributed by atoms with E-state index >= 15 is 0 Å². The first-order valence-electron chi connectivity index (χ1n) is 5.69. The van der Waals surface area contributed by atoms with Gasteiger partial charge in [-0.3, -0.25) is 4.79 Å². The Morgan fingerprint density at radius 3 is 2.60 bits per heavy atom. The largest absolute Gasteiger partial charge is 0.435 e. The number of amides is 1. The van der Waals surface area contributed by atoms with Crippen molar-refractivity contribution in [3.8, 4) is 5.75 Å². The van der Waals surface area contributed by atoms with Gasteiger partial charge in [-0.25, -0.2) is 8.78 Å². The minimum atomic E-state index is -3.02. The van der Waals surface area contributed by atoms with Gasteiger partial charge in [0.2, 0.25) is 0 Å². The van der Waals surface area contributed by atoms with Gasteiger partial charge in [-0.05, 0) is 18.2 Å². The summed E-state index contributed by atoms with van der Waals surface area (Å²) in [5.41, 5.74) is 0.0210. The Balaban J connectivity index is 2.20. The molecule has 0 aliphatic carbocycles. The Morgan fingerprint density at radius 2 is 2.05 bits per heavy atom. The van der Waals surface area contributed by atoms with Gasteiger partial charge in [-0.2, -0.15) is 8.78 Å². The Hall–Kier alpha value is -1.31. The van der Waals surface area contributed by atoms with Crippen molar-refractivity contribution in [1.29, 1.82) is 0 Å². The molecule has 0 atom stereocenters. The quantitative estimate of drug-likeness (QED) is 0.776. The number of nitrogens with zero attached hydrogens (tertiary/aromatic N) is 1. The number of alkyl halides is 4. The molecule has 1 fully saturated rings. The van der Waals surface area contributed by atoms with Gasteiger partial charge in [0.1, 0.15) is 5.75 Å². The average molecular weight is 356 g/mol. The van der Waals surface area contributed by atoms with E-state index in [1.165, 1.54) is 12.1 Å². The number of hydrogen-bond acceptors (Lipinski definition) is 2. The molecule has 0 saturated carbocycles. The van der Waals surface area contributed by atoms with Crippen LogP contribution in [0.4, 0.5) is 17.6 Å². The van der Waals surface area contributed by atoms with E-state index in [4.69, 9.17) is 0 Å². The third kappa shape index (κ3) is 3.62. The standard InChI is InChI=1S/C12H10BrF4NO2/c13-8-3-7(4-9(5-8)20-11(14)15)10(19)18-2-1-12(16,17)6-18/h3-5,11H,1-2,6H2. The minimum Gasteiger partial charge on any atom is -0.435 e. The second-order valence-electron chi connectivity index (χ2n) is 4.39. The number of hydrogen-bond donors (Lipinski definition) is 0. The van der Waals surface area contributed by atoms with E-state index in [1.54, 1.807) is 0 Å². The van der Waals surface area contributed by atoms with Crippen LogP contribution in [0.3, 0.4) is 0 Å². The van der Waals surface area contributed by atoms with Crippen molar-refractivity contribution < 1.29 is 27.1 Å². The summed E-state index contributed by atoms with van der Waals surface area (Å²) in [6.07, 6.45) is -0.396. The molecule has 1 aromatic rings. The van der Waals surface area contributed by atoms with Gasteiger partial charge >= 0.3 is 6.61 Å². The van der Waals surface area contributed by atoms with E-state index in [-0.39, 0.29) is 17.9 Å².